The third-order valence-corrected chi connectivity index (χ3v) is 3.82. The molecule has 0 radical (unpaired) electrons. The van der Waals surface area contributed by atoms with E-state index in [0.29, 0.717) is 13.4 Å². The molecule has 0 N–H and O–H groups in total. The van der Waals surface area contributed by atoms with Crippen LogP contribution in [-0.4, -0.2) is 30.3 Å². The molecular formula is C12H21BNO2P. The fourth-order valence-corrected chi connectivity index (χ4v) is 1.18. The lowest BCUT2D eigenvalue weighted by atomic mass is 9.87. The molecule has 1 unspecified atom stereocenters. The van der Waals surface area contributed by atoms with Gasteiger partial charge in [0.15, 0.2) is 0 Å². The number of aromatic nitrogens is 1. The van der Waals surface area contributed by atoms with E-state index in [2.05, 4.69) is 41.9 Å². The van der Waals surface area contributed by atoms with E-state index in [1.165, 1.54) is 0 Å². The number of methoxy groups -OCH3 is 1. The zero-order chi connectivity index (χ0) is 13.1. The molecule has 1 aromatic rings. The van der Waals surface area contributed by atoms with E-state index >= 15 is 0 Å². The first-order valence-electron chi connectivity index (χ1n) is 5.69. The van der Waals surface area contributed by atoms with E-state index in [-0.39, 0.29) is 10.8 Å². The maximum absolute atomic E-state index is 5.94. The van der Waals surface area contributed by atoms with Crippen molar-refractivity contribution in [3.8, 4) is 5.88 Å². The van der Waals surface area contributed by atoms with Crippen LogP contribution < -0.4 is 10.3 Å². The zero-order valence-electron chi connectivity index (χ0n) is 11.3. The quantitative estimate of drug-likeness (QED) is 0.588. The Balaban J connectivity index is 2.67. The highest BCUT2D eigenvalue weighted by Gasteiger charge is 2.33. The summed E-state index contributed by atoms with van der Waals surface area (Å²) in [4.78, 5) is 4.32. The molecule has 0 aliphatic rings. The smallest absolute Gasteiger partial charge is 0.329 e. The van der Waals surface area contributed by atoms with Crippen LogP contribution in [0.25, 0.3) is 0 Å². The third kappa shape index (κ3) is 3.97. The van der Waals surface area contributed by atoms with Crippen molar-refractivity contribution in [1.82, 2.24) is 4.98 Å². The van der Waals surface area contributed by atoms with Crippen LogP contribution in [0, 0.1) is 0 Å². The van der Waals surface area contributed by atoms with Crippen molar-refractivity contribution < 1.29 is 9.39 Å². The number of nitrogens with zero attached hydrogens (tertiary/aromatic N) is 1. The Morgan fingerprint density at radius 2 is 1.88 bits per heavy atom. The van der Waals surface area contributed by atoms with Crippen molar-refractivity contribution in [3.05, 3.63) is 18.2 Å². The third-order valence-electron chi connectivity index (χ3n) is 3.12. The first-order chi connectivity index (χ1) is 7.76. The normalized spacial score (nSPS) is 12.4. The van der Waals surface area contributed by atoms with Crippen LogP contribution in [0.4, 0.5) is 0 Å². The molecule has 0 saturated heterocycles. The average molecular weight is 253 g/mol. The van der Waals surface area contributed by atoms with Gasteiger partial charge in [-0.3, -0.25) is 0 Å². The summed E-state index contributed by atoms with van der Waals surface area (Å²) in [6, 6.07) is 5.69. The minimum Gasteiger partial charge on any atom is -0.481 e. The van der Waals surface area contributed by atoms with E-state index < -0.39 is 0 Å². The summed E-state index contributed by atoms with van der Waals surface area (Å²) < 4.78 is 11.0. The van der Waals surface area contributed by atoms with Gasteiger partial charge >= 0.3 is 7.48 Å². The Labute approximate surface area is 107 Å². The van der Waals surface area contributed by atoms with Gasteiger partial charge in [-0.05, 0) is 19.9 Å². The molecule has 0 saturated carbocycles. The molecule has 1 heterocycles. The second kappa shape index (κ2) is 5.37. The molecule has 5 heteroatoms. The van der Waals surface area contributed by atoms with E-state index in [1.807, 2.05) is 18.2 Å². The van der Waals surface area contributed by atoms with E-state index in [0.717, 1.165) is 5.59 Å². The number of rotatable bonds is 5. The number of hydrogen-bond acceptors (Lipinski definition) is 3. The molecule has 1 aromatic heterocycles. The number of pyridine rings is 1. The Hall–Kier alpha value is -0.595. The lowest BCUT2D eigenvalue weighted by Crippen LogP contribution is -2.45. The Bertz CT molecular complexity index is 377. The van der Waals surface area contributed by atoms with Crippen molar-refractivity contribution >= 4 is 22.3 Å². The van der Waals surface area contributed by atoms with Gasteiger partial charge in [0.1, 0.15) is 0 Å². The van der Waals surface area contributed by atoms with Crippen LogP contribution in [0.1, 0.15) is 27.7 Å². The molecule has 0 spiro atoms. The Morgan fingerprint density at radius 1 is 1.24 bits per heavy atom. The molecule has 0 aliphatic carbocycles. The summed E-state index contributed by atoms with van der Waals surface area (Å²) in [5.41, 5.74) is 0.647. The van der Waals surface area contributed by atoms with Crippen LogP contribution in [0.2, 0.25) is 0 Å². The monoisotopic (exact) mass is 253 g/mol. The predicted octanol–water partition coefficient (Wildman–Crippen LogP) is 1.52. The number of ether oxygens (including phenoxy) is 1. The van der Waals surface area contributed by atoms with Gasteiger partial charge in [-0.25, -0.2) is 4.98 Å². The minimum absolute atomic E-state index is 0.00582. The van der Waals surface area contributed by atoms with Crippen molar-refractivity contribution in [2.45, 2.75) is 38.5 Å². The summed E-state index contributed by atoms with van der Waals surface area (Å²) in [5.74, 6) is 0.619. The topological polar surface area (TPSA) is 31.4 Å². The fraction of sp³-hybridized carbons (Fsp3) is 0.583. The largest absolute Gasteiger partial charge is 0.481 e. The van der Waals surface area contributed by atoms with E-state index in [4.69, 9.17) is 9.39 Å². The SMILES string of the molecule is COc1cccc(BOC(C)(C)C(C)(C)P)n1. The van der Waals surface area contributed by atoms with Crippen molar-refractivity contribution in [3.63, 3.8) is 0 Å². The van der Waals surface area contributed by atoms with Gasteiger partial charge in [-0.2, -0.15) is 0 Å². The van der Waals surface area contributed by atoms with Crippen molar-refractivity contribution in [1.29, 1.82) is 0 Å². The maximum Gasteiger partial charge on any atom is 0.329 e. The molecule has 17 heavy (non-hydrogen) atoms. The van der Waals surface area contributed by atoms with E-state index in [1.54, 1.807) is 7.11 Å². The maximum atomic E-state index is 5.94. The minimum atomic E-state index is -0.234. The highest BCUT2D eigenvalue weighted by molar-refractivity contribution is 7.19. The summed E-state index contributed by atoms with van der Waals surface area (Å²) in [6.45, 7) is 8.44. The van der Waals surface area contributed by atoms with Crippen molar-refractivity contribution in [2.24, 2.45) is 0 Å². The second-order valence-electron chi connectivity index (χ2n) is 5.19. The van der Waals surface area contributed by atoms with Gasteiger partial charge in [0.2, 0.25) is 5.88 Å². The molecule has 3 nitrogen and oxygen atoms in total. The standard InChI is InChI=1S/C12H21BNO2P/c1-11(2,12(3,4)17)16-13-9-7-6-8-10(14-9)15-5/h6-8,13H,17H2,1-5H3. The van der Waals surface area contributed by atoms with Crippen LogP contribution >= 0.6 is 9.24 Å². The highest BCUT2D eigenvalue weighted by atomic mass is 31.0. The first-order valence-corrected chi connectivity index (χ1v) is 6.27. The summed E-state index contributed by atoms with van der Waals surface area (Å²) in [5, 5.41) is 0.00582. The molecule has 0 amide bonds. The van der Waals surface area contributed by atoms with Crippen LogP contribution in [-0.2, 0) is 4.65 Å². The Morgan fingerprint density at radius 3 is 2.41 bits per heavy atom. The molecular weight excluding hydrogens is 232 g/mol. The lowest BCUT2D eigenvalue weighted by molar-refractivity contribution is 0.0839. The number of hydrogen-bond donors (Lipinski definition) is 0. The van der Waals surface area contributed by atoms with Gasteiger partial charge in [-0.15, -0.1) is 9.24 Å². The van der Waals surface area contributed by atoms with Gasteiger partial charge in [0, 0.05) is 16.8 Å². The molecule has 0 aromatic carbocycles. The van der Waals surface area contributed by atoms with Gasteiger partial charge in [0.25, 0.3) is 0 Å². The first kappa shape index (κ1) is 14.5. The summed E-state index contributed by atoms with van der Waals surface area (Å²) in [7, 11) is 4.92. The molecule has 1 atom stereocenters. The zero-order valence-corrected chi connectivity index (χ0v) is 12.4. The van der Waals surface area contributed by atoms with Crippen LogP contribution in [0.5, 0.6) is 5.88 Å². The second-order valence-corrected chi connectivity index (χ2v) is 6.64. The van der Waals surface area contributed by atoms with Crippen LogP contribution in [0.15, 0.2) is 18.2 Å². The lowest BCUT2D eigenvalue weighted by Gasteiger charge is -2.38. The summed E-state index contributed by atoms with van der Waals surface area (Å²) >= 11 is 0. The summed E-state index contributed by atoms with van der Waals surface area (Å²) in [6.07, 6.45) is 0. The van der Waals surface area contributed by atoms with Crippen molar-refractivity contribution in [2.75, 3.05) is 7.11 Å². The Kier molecular flexibility index (Phi) is 4.57. The van der Waals surface area contributed by atoms with Gasteiger partial charge < -0.3 is 9.39 Å². The molecule has 0 aliphatic heterocycles. The van der Waals surface area contributed by atoms with Gasteiger partial charge in [-0.1, -0.05) is 19.9 Å². The predicted molar refractivity (Wildman–Crippen MR) is 76.5 cm³/mol. The highest BCUT2D eigenvalue weighted by Crippen LogP contribution is 2.32. The molecule has 94 valence electrons. The molecule has 0 bridgehead atoms. The average Bonchev–Trinajstić information content (AvgIpc) is 2.25. The van der Waals surface area contributed by atoms with E-state index in [9.17, 15) is 0 Å². The van der Waals surface area contributed by atoms with Crippen LogP contribution in [0.3, 0.4) is 0 Å². The molecule has 0 fully saturated rings. The fourth-order valence-electron chi connectivity index (χ4n) is 1.09. The van der Waals surface area contributed by atoms with Gasteiger partial charge in [0.05, 0.1) is 12.7 Å². The molecule has 1 rings (SSSR count).